The summed E-state index contributed by atoms with van der Waals surface area (Å²) in [4.78, 5) is 28.5. The van der Waals surface area contributed by atoms with Crippen LogP contribution in [0.1, 0.15) is 37.5 Å². The summed E-state index contributed by atoms with van der Waals surface area (Å²) in [5.41, 5.74) is 2.98. The van der Waals surface area contributed by atoms with Gasteiger partial charge in [0.25, 0.3) is 10.0 Å². The van der Waals surface area contributed by atoms with Crippen molar-refractivity contribution in [2.24, 2.45) is 5.92 Å². The largest absolute Gasteiger partial charge is 0.354 e. The second-order valence-corrected chi connectivity index (χ2v) is 11.8. The van der Waals surface area contributed by atoms with Crippen LogP contribution in [0.3, 0.4) is 0 Å². The highest BCUT2D eigenvalue weighted by Gasteiger charge is 2.33. The third kappa shape index (κ3) is 7.22. The number of carbonyl (C=O) groups excluding carboxylic acids is 2. The maximum Gasteiger partial charge on any atom is 0.264 e. The lowest BCUT2D eigenvalue weighted by Crippen LogP contribution is -2.51. The summed E-state index contributed by atoms with van der Waals surface area (Å²) in [6.45, 7) is 9.61. The summed E-state index contributed by atoms with van der Waals surface area (Å²) in [6.07, 6.45) is 0. The van der Waals surface area contributed by atoms with Gasteiger partial charge in [-0.3, -0.25) is 13.9 Å². The van der Waals surface area contributed by atoms with Crippen LogP contribution in [-0.4, -0.2) is 44.3 Å². The van der Waals surface area contributed by atoms with Crippen molar-refractivity contribution in [2.45, 2.75) is 52.1 Å². The smallest absolute Gasteiger partial charge is 0.264 e. The molecule has 8 heteroatoms. The van der Waals surface area contributed by atoms with Gasteiger partial charge in [0.1, 0.15) is 12.6 Å². The van der Waals surface area contributed by atoms with Gasteiger partial charge >= 0.3 is 0 Å². The Morgan fingerprint density at radius 1 is 0.868 bits per heavy atom. The molecule has 0 saturated heterocycles. The second kappa shape index (κ2) is 12.7. The molecule has 3 aromatic rings. The molecule has 0 spiro atoms. The number of nitrogens with one attached hydrogen (secondary N) is 1. The highest BCUT2D eigenvalue weighted by molar-refractivity contribution is 7.92. The molecule has 2 amide bonds. The molecule has 38 heavy (non-hydrogen) atoms. The molecule has 0 aliphatic rings. The molecule has 1 unspecified atom stereocenters. The van der Waals surface area contributed by atoms with E-state index in [1.165, 1.54) is 17.0 Å². The van der Waals surface area contributed by atoms with Gasteiger partial charge in [0.2, 0.25) is 11.8 Å². The maximum atomic E-state index is 13.9. The Labute approximate surface area is 226 Å². The van der Waals surface area contributed by atoms with Crippen molar-refractivity contribution >= 4 is 27.5 Å². The second-order valence-electron chi connectivity index (χ2n) is 9.94. The van der Waals surface area contributed by atoms with Gasteiger partial charge in [0, 0.05) is 13.1 Å². The van der Waals surface area contributed by atoms with Crippen LogP contribution in [0.2, 0.25) is 0 Å². The number of anilines is 1. The summed E-state index contributed by atoms with van der Waals surface area (Å²) >= 11 is 0. The quantitative estimate of drug-likeness (QED) is 0.386. The Morgan fingerprint density at radius 2 is 1.47 bits per heavy atom. The average Bonchev–Trinajstić information content (AvgIpc) is 2.90. The van der Waals surface area contributed by atoms with E-state index in [0.29, 0.717) is 12.2 Å². The van der Waals surface area contributed by atoms with E-state index in [0.717, 1.165) is 21.0 Å². The molecule has 3 rings (SSSR count). The number of sulfonamides is 1. The zero-order valence-corrected chi connectivity index (χ0v) is 23.5. The summed E-state index contributed by atoms with van der Waals surface area (Å²) < 4.78 is 28.8. The van der Waals surface area contributed by atoms with E-state index in [2.05, 4.69) is 5.32 Å². The number of benzene rings is 3. The lowest BCUT2D eigenvalue weighted by molar-refractivity contribution is -0.139. The first-order valence-electron chi connectivity index (χ1n) is 12.8. The van der Waals surface area contributed by atoms with Gasteiger partial charge < -0.3 is 10.2 Å². The van der Waals surface area contributed by atoms with Crippen molar-refractivity contribution < 1.29 is 18.0 Å². The minimum absolute atomic E-state index is 0.0881. The number of aryl methyl sites for hydroxylation is 2. The van der Waals surface area contributed by atoms with Gasteiger partial charge in [0.15, 0.2) is 0 Å². The SMILES string of the molecule is Cc1ccc(N(CC(=O)N(Cc2ccccc2)C(C)C(=O)NCC(C)C)S(=O)(=O)c2ccccc2)c(C)c1. The van der Waals surface area contributed by atoms with E-state index in [-0.39, 0.29) is 23.3 Å². The zero-order chi connectivity index (χ0) is 27.9. The number of rotatable bonds is 11. The number of hydrogen-bond acceptors (Lipinski definition) is 4. The van der Waals surface area contributed by atoms with Crippen LogP contribution in [0, 0.1) is 19.8 Å². The van der Waals surface area contributed by atoms with Crippen molar-refractivity contribution in [2.75, 3.05) is 17.4 Å². The van der Waals surface area contributed by atoms with Crippen LogP contribution >= 0.6 is 0 Å². The molecule has 1 N–H and O–H groups in total. The summed E-state index contributed by atoms with van der Waals surface area (Å²) in [6, 6.07) is 22.1. The third-order valence-electron chi connectivity index (χ3n) is 6.28. The highest BCUT2D eigenvalue weighted by Crippen LogP contribution is 2.28. The van der Waals surface area contributed by atoms with Gasteiger partial charge in [-0.2, -0.15) is 0 Å². The molecular weight excluding hydrogens is 498 g/mol. The lowest BCUT2D eigenvalue weighted by Gasteiger charge is -2.32. The molecule has 202 valence electrons. The van der Waals surface area contributed by atoms with Crippen LogP contribution in [-0.2, 0) is 26.2 Å². The molecule has 0 saturated carbocycles. The van der Waals surface area contributed by atoms with Crippen molar-refractivity contribution in [1.29, 1.82) is 0 Å². The van der Waals surface area contributed by atoms with Crippen molar-refractivity contribution in [3.8, 4) is 0 Å². The Kier molecular flexibility index (Phi) is 9.69. The van der Waals surface area contributed by atoms with E-state index in [1.807, 2.05) is 70.2 Å². The first kappa shape index (κ1) is 28.9. The van der Waals surface area contributed by atoms with Gasteiger partial charge in [-0.05, 0) is 56.0 Å². The zero-order valence-electron chi connectivity index (χ0n) is 22.7. The Balaban J connectivity index is 2.02. The number of amides is 2. The number of hydrogen-bond donors (Lipinski definition) is 1. The summed E-state index contributed by atoms with van der Waals surface area (Å²) in [7, 11) is -4.07. The fourth-order valence-electron chi connectivity index (χ4n) is 4.13. The maximum absolute atomic E-state index is 13.9. The number of carbonyl (C=O) groups is 2. The minimum atomic E-state index is -4.07. The molecule has 0 bridgehead atoms. The van der Waals surface area contributed by atoms with E-state index >= 15 is 0 Å². The lowest BCUT2D eigenvalue weighted by atomic mass is 10.1. The van der Waals surface area contributed by atoms with Crippen molar-refractivity contribution in [3.63, 3.8) is 0 Å². The normalized spacial score (nSPS) is 12.2. The van der Waals surface area contributed by atoms with Gasteiger partial charge in [-0.25, -0.2) is 8.42 Å². The van der Waals surface area contributed by atoms with Crippen LogP contribution in [0.25, 0.3) is 0 Å². The molecule has 0 aliphatic carbocycles. The van der Waals surface area contributed by atoms with Crippen molar-refractivity contribution in [1.82, 2.24) is 10.2 Å². The Bertz CT molecular complexity index is 1340. The van der Waals surface area contributed by atoms with Crippen LogP contribution in [0.4, 0.5) is 5.69 Å². The molecule has 0 fully saturated rings. The van der Waals surface area contributed by atoms with E-state index in [9.17, 15) is 18.0 Å². The number of nitrogens with zero attached hydrogens (tertiary/aromatic N) is 2. The summed E-state index contributed by atoms with van der Waals surface area (Å²) in [5.74, 6) is -0.507. The van der Waals surface area contributed by atoms with Gasteiger partial charge in [-0.15, -0.1) is 0 Å². The van der Waals surface area contributed by atoms with E-state index < -0.39 is 28.5 Å². The molecule has 0 aromatic heterocycles. The molecule has 1 atom stereocenters. The van der Waals surface area contributed by atoms with Crippen LogP contribution in [0.5, 0.6) is 0 Å². The predicted octanol–water partition coefficient (Wildman–Crippen LogP) is 4.69. The highest BCUT2D eigenvalue weighted by atomic mass is 32.2. The molecule has 0 heterocycles. The molecule has 0 aliphatic heterocycles. The average molecular weight is 536 g/mol. The molecule has 7 nitrogen and oxygen atoms in total. The topological polar surface area (TPSA) is 86.8 Å². The van der Waals surface area contributed by atoms with Crippen LogP contribution < -0.4 is 9.62 Å². The first-order chi connectivity index (χ1) is 18.0. The van der Waals surface area contributed by atoms with Gasteiger partial charge in [-0.1, -0.05) is 80.1 Å². The molecular formula is C30H37N3O4S. The fourth-order valence-corrected chi connectivity index (χ4v) is 5.63. The predicted molar refractivity (Wildman–Crippen MR) is 151 cm³/mol. The Hall–Kier alpha value is -3.65. The first-order valence-corrected chi connectivity index (χ1v) is 14.2. The monoisotopic (exact) mass is 535 g/mol. The van der Waals surface area contributed by atoms with E-state index in [4.69, 9.17) is 0 Å². The standard InChI is InChI=1S/C30H37N3O4S/c1-22(2)19-31-30(35)25(5)32(20-26-12-8-6-9-13-26)29(34)21-33(28-17-16-23(3)18-24(28)4)38(36,37)27-14-10-7-11-15-27/h6-18,22,25H,19-21H2,1-5H3,(H,31,35). The minimum Gasteiger partial charge on any atom is -0.354 e. The summed E-state index contributed by atoms with van der Waals surface area (Å²) in [5, 5.41) is 2.89. The molecule has 0 radical (unpaired) electrons. The van der Waals surface area contributed by atoms with Crippen LogP contribution in [0.15, 0.2) is 83.8 Å². The fraction of sp³-hybridized carbons (Fsp3) is 0.333. The Morgan fingerprint density at radius 3 is 2.05 bits per heavy atom. The van der Waals surface area contributed by atoms with E-state index in [1.54, 1.807) is 31.2 Å². The van der Waals surface area contributed by atoms with Gasteiger partial charge in [0.05, 0.1) is 10.6 Å². The molecule has 3 aromatic carbocycles. The van der Waals surface area contributed by atoms with Crippen molar-refractivity contribution in [3.05, 3.63) is 95.6 Å². The third-order valence-corrected chi connectivity index (χ3v) is 8.05.